The highest BCUT2D eigenvalue weighted by molar-refractivity contribution is 7.54. The predicted molar refractivity (Wildman–Crippen MR) is 95.1 cm³/mol. The van der Waals surface area contributed by atoms with Gasteiger partial charge < -0.3 is 9.05 Å². The van der Waals surface area contributed by atoms with E-state index in [0.717, 1.165) is 11.1 Å². The van der Waals surface area contributed by atoms with Gasteiger partial charge in [0.15, 0.2) is 0 Å². The molecule has 0 radical (unpaired) electrons. The van der Waals surface area contributed by atoms with Gasteiger partial charge in [-0.3, -0.25) is 4.57 Å². The molecule has 23 heavy (non-hydrogen) atoms. The molecule has 0 N–H and O–H groups in total. The van der Waals surface area contributed by atoms with Crippen molar-refractivity contribution in [3.05, 3.63) is 70.8 Å². The Bertz CT molecular complexity index is 607. The van der Waals surface area contributed by atoms with Crippen molar-refractivity contribution < 1.29 is 13.6 Å². The monoisotopic (exact) mass is 332 g/mol. The molecule has 2 aromatic rings. The molecule has 0 unspecified atom stereocenters. The number of hydrogen-bond donors (Lipinski definition) is 0. The van der Waals surface area contributed by atoms with Crippen LogP contribution in [0, 0.1) is 13.8 Å². The fraction of sp³-hybridized carbons (Fsp3) is 0.368. The third-order valence-corrected chi connectivity index (χ3v) is 6.19. The Labute approximate surface area is 139 Å². The quantitative estimate of drug-likeness (QED) is 0.614. The first kappa shape index (κ1) is 17.9. The summed E-state index contributed by atoms with van der Waals surface area (Å²) in [4.78, 5) is 0. The van der Waals surface area contributed by atoms with Crippen molar-refractivity contribution in [1.29, 1.82) is 0 Å². The summed E-state index contributed by atoms with van der Waals surface area (Å²) >= 11 is 0. The predicted octanol–water partition coefficient (Wildman–Crippen LogP) is 5.66. The molecule has 3 nitrogen and oxygen atoms in total. The molecule has 0 fully saturated rings. The molecule has 0 aromatic heterocycles. The van der Waals surface area contributed by atoms with E-state index < -0.39 is 13.3 Å². The Morgan fingerprint density at radius 2 is 1.13 bits per heavy atom. The summed E-state index contributed by atoms with van der Waals surface area (Å²) in [5, 5.41) is 0. The first-order chi connectivity index (χ1) is 11.0. The highest BCUT2D eigenvalue weighted by Crippen LogP contribution is 2.63. The Morgan fingerprint density at radius 3 is 1.43 bits per heavy atom. The third kappa shape index (κ3) is 4.32. The summed E-state index contributed by atoms with van der Waals surface area (Å²) in [5.41, 5.74) is 3.82. The van der Waals surface area contributed by atoms with E-state index in [-0.39, 0.29) is 0 Å². The Kier molecular flexibility index (Phi) is 6.17. The molecule has 4 heteroatoms. The fourth-order valence-corrected chi connectivity index (χ4v) is 4.77. The van der Waals surface area contributed by atoms with Crippen LogP contribution in [-0.4, -0.2) is 13.2 Å². The van der Waals surface area contributed by atoms with Gasteiger partial charge in [0.25, 0.3) is 0 Å². The molecule has 0 aliphatic rings. The van der Waals surface area contributed by atoms with Crippen LogP contribution >= 0.6 is 7.60 Å². The van der Waals surface area contributed by atoms with E-state index in [0.29, 0.717) is 13.2 Å². The van der Waals surface area contributed by atoms with Crippen LogP contribution in [0.3, 0.4) is 0 Å². The lowest BCUT2D eigenvalue weighted by Gasteiger charge is -2.27. The average molecular weight is 332 g/mol. The molecule has 0 heterocycles. The van der Waals surface area contributed by atoms with Gasteiger partial charge in [-0.2, -0.15) is 0 Å². The maximum atomic E-state index is 13.4. The molecule has 0 saturated carbocycles. The van der Waals surface area contributed by atoms with Crippen LogP contribution in [0.4, 0.5) is 0 Å². The van der Waals surface area contributed by atoms with Crippen LogP contribution < -0.4 is 0 Å². The molecule has 0 spiro atoms. The van der Waals surface area contributed by atoms with Crippen molar-refractivity contribution in [2.75, 3.05) is 13.2 Å². The molecule has 0 atom stereocenters. The third-order valence-electron chi connectivity index (χ3n) is 3.72. The second-order valence-electron chi connectivity index (χ2n) is 5.60. The van der Waals surface area contributed by atoms with Crippen molar-refractivity contribution in [2.45, 2.75) is 33.4 Å². The Hall–Kier alpha value is -1.41. The van der Waals surface area contributed by atoms with Crippen LogP contribution in [0.1, 0.15) is 41.8 Å². The minimum Gasteiger partial charge on any atom is -0.308 e. The Balaban J connectivity index is 2.55. The van der Waals surface area contributed by atoms with Crippen LogP contribution in [-0.2, 0) is 13.6 Å². The number of hydrogen-bond acceptors (Lipinski definition) is 3. The number of rotatable bonds is 7. The Morgan fingerprint density at radius 1 is 0.783 bits per heavy atom. The average Bonchev–Trinajstić information content (AvgIpc) is 2.52. The summed E-state index contributed by atoms with van der Waals surface area (Å²) < 4.78 is 24.7. The number of aryl methyl sites for hydroxylation is 2. The SMILES string of the molecule is CCOP(=O)(OCC)C(c1ccc(C)cc1)c1ccc(C)cc1. The summed E-state index contributed by atoms with van der Waals surface area (Å²) in [6.45, 7) is 8.46. The largest absolute Gasteiger partial charge is 0.342 e. The first-order valence-corrected chi connectivity index (χ1v) is 9.63. The van der Waals surface area contributed by atoms with E-state index in [9.17, 15) is 4.57 Å². The van der Waals surface area contributed by atoms with Gasteiger partial charge in [0, 0.05) is 0 Å². The van der Waals surface area contributed by atoms with Gasteiger partial charge in [-0.05, 0) is 38.8 Å². The highest BCUT2D eigenvalue weighted by atomic mass is 31.2. The zero-order chi connectivity index (χ0) is 16.9. The number of benzene rings is 2. The van der Waals surface area contributed by atoms with Crippen LogP contribution in [0.5, 0.6) is 0 Å². The normalized spacial score (nSPS) is 11.9. The van der Waals surface area contributed by atoms with Crippen molar-refractivity contribution in [2.24, 2.45) is 0 Å². The molecule has 124 valence electrons. The molecular formula is C19H25O3P. The summed E-state index contributed by atoms with van der Waals surface area (Å²) in [6.07, 6.45) is 0. The molecule has 2 aromatic carbocycles. The first-order valence-electron chi connectivity index (χ1n) is 8.02. The van der Waals surface area contributed by atoms with Crippen LogP contribution in [0.25, 0.3) is 0 Å². The van der Waals surface area contributed by atoms with Gasteiger partial charge in [-0.15, -0.1) is 0 Å². The van der Waals surface area contributed by atoms with Crippen LogP contribution in [0.2, 0.25) is 0 Å². The van der Waals surface area contributed by atoms with Gasteiger partial charge in [0.05, 0.1) is 13.2 Å². The molecule has 0 aliphatic heterocycles. The lowest BCUT2D eigenvalue weighted by molar-refractivity contribution is 0.215. The van der Waals surface area contributed by atoms with Gasteiger partial charge in [-0.25, -0.2) is 0 Å². The van der Waals surface area contributed by atoms with E-state index >= 15 is 0 Å². The minimum atomic E-state index is -3.30. The summed E-state index contributed by atoms with van der Waals surface area (Å²) in [6, 6.07) is 16.1. The zero-order valence-electron chi connectivity index (χ0n) is 14.3. The lowest BCUT2D eigenvalue weighted by Crippen LogP contribution is -2.08. The van der Waals surface area contributed by atoms with Gasteiger partial charge >= 0.3 is 7.60 Å². The molecule has 2 rings (SSSR count). The van der Waals surface area contributed by atoms with Gasteiger partial charge in [0.1, 0.15) is 5.66 Å². The topological polar surface area (TPSA) is 35.5 Å². The molecule has 0 bridgehead atoms. The highest BCUT2D eigenvalue weighted by Gasteiger charge is 2.38. The van der Waals surface area contributed by atoms with E-state index in [4.69, 9.17) is 9.05 Å². The van der Waals surface area contributed by atoms with Crippen LogP contribution in [0.15, 0.2) is 48.5 Å². The minimum absolute atomic E-state index is 0.353. The lowest BCUT2D eigenvalue weighted by atomic mass is 10.0. The fourth-order valence-electron chi connectivity index (χ4n) is 2.60. The smallest absolute Gasteiger partial charge is 0.308 e. The summed E-state index contributed by atoms with van der Waals surface area (Å²) in [7, 11) is -3.30. The van der Waals surface area contributed by atoms with Crippen molar-refractivity contribution >= 4 is 7.60 Å². The van der Waals surface area contributed by atoms with Crippen molar-refractivity contribution in [1.82, 2.24) is 0 Å². The molecule has 0 saturated heterocycles. The second-order valence-corrected chi connectivity index (χ2v) is 7.71. The standard InChI is InChI=1S/C19H25O3P/c1-5-21-23(20,22-6-2)19(17-11-7-15(3)8-12-17)18-13-9-16(4)10-14-18/h7-14,19H,5-6H2,1-4H3. The maximum absolute atomic E-state index is 13.4. The van der Waals surface area contributed by atoms with Gasteiger partial charge in [0.2, 0.25) is 0 Å². The summed E-state index contributed by atoms with van der Waals surface area (Å²) in [5.74, 6) is 0. The van der Waals surface area contributed by atoms with E-state index in [2.05, 4.69) is 0 Å². The maximum Gasteiger partial charge on any atom is 0.342 e. The van der Waals surface area contributed by atoms with Crippen molar-refractivity contribution in [3.8, 4) is 0 Å². The molecular weight excluding hydrogens is 307 g/mol. The second kappa shape index (κ2) is 7.92. The van der Waals surface area contributed by atoms with Gasteiger partial charge in [-0.1, -0.05) is 59.7 Å². The molecule has 0 aliphatic carbocycles. The van der Waals surface area contributed by atoms with E-state index in [1.165, 1.54) is 11.1 Å². The van der Waals surface area contributed by atoms with E-state index in [1.54, 1.807) is 0 Å². The van der Waals surface area contributed by atoms with E-state index in [1.807, 2.05) is 76.2 Å². The zero-order valence-corrected chi connectivity index (χ0v) is 15.2. The molecule has 0 amide bonds. The van der Waals surface area contributed by atoms with Crippen molar-refractivity contribution in [3.63, 3.8) is 0 Å².